The van der Waals surface area contributed by atoms with Crippen molar-refractivity contribution in [2.75, 3.05) is 0 Å². The minimum atomic E-state index is -0.278. The molecule has 0 spiro atoms. The Hall–Kier alpha value is -3.40. The summed E-state index contributed by atoms with van der Waals surface area (Å²) in [6, 6.07) is 24.2. The predicted molar refractivity (Wildman–Crippen MR) is 111 cm³/mol. The Labute approximate surface area is 164 Å². The molecule has 1 amide bonds. The van der Waals surface area contributed by atoms with Gasteiger partial charge in [0, 0.05) is 5.41 Å². The number of carbonyl (C=O) groups is 1. The van der Waals surface area contributed by atoms with Gasteiger partial charge >= 0.3 is 0 Å². The van der Waals surface area contributed by atoms with Crippen LogP contribution in [-0.2, 0) is 10.2 Å². The van der Waals surface area contributed by atoms with Crippen LogP contribution in [0.1, 0.15) is 30.2 Å². The maximum absolute atomic E-state index is 12.8. The van der Waals surface area contributed by atoms with Crippen molar-refractivity contribution < 1.29 is 9.21 Å². The van der Waals surface area contributed by atoms with Crippen LogP contribution in [0.2, 0.25) is 0 Å². The van der Waals surface area contributed by atoms with Gasteiger partial charge in [-0.05, 0) is 48.8 Å². The largest absolute Gasteiger partial charge is 0.465 e. The molecule has 0 bridgehead atoms. The van der Waals surface area contributed by atoms with Crippen molar-refractivity contribution in [3.8, 4) is 0 Å². The molecule has 4 rings (SSSR count). The number of amides is 1. The molecule has 4 nitrogen and oxygen atoms in total. The third kappa shape index (κ3) is 3.54. The molecule has 1 fully saturated rings. The first-order valence-electron chi connectivity index (χ1n) is 9.37. The number of furan rings is 1. The van der Waals surface area contributed by atoms with E-state index >= 15 is 0 Å². The van der Waals surface area contributed by atoms with E-state index in [1.807, 2.05) is 67.6 Å². The van der Waals surface area contributed by atoms with Gasteiger partial charge in [0.15, 0.2) is 0 Å². The Morgan fingerprint density at radius 2 is 1.68 bits per heavy atom. The van der Waals surface area contributed by atoms with Crippen LogP contribution in [-0.4, -0.2) is 11.6 Å². The van der Waals surface area contributed by atoms with Crippen LogP contribution < -0.4 is 5.43 Å². The lowest BCUT2D eigenvalue weighted by Crippen LogP contribution is -2.26. The summed E-state index contributed by atoms with van der Waals surface area (Å²) >= 11 is 0. The molecule has 0 aliphatic heterocycles. The van der Waals surface area contributed by atoms with Gasteiger partial charge in [-0.2, -0.15) is 5.10 Å². The van der Waals surface area contributed by atoms with Gasteiger partial charge in [-0.3, -0.25) is 4.79 Å². The van der Waals surface area contributed by atoms with Crippen LogP contribution in [0.25, 0.3) is 6.08 Å². The van der Waals surface area contributed by atoms with E-state index in [4.69, 9.17) is 4.42 Å². The minimum absolute atomic E-state index is 0.0570. The van der Waals surface area contributed by atoms with Crippen molar-refractivity contribution >= 4 is 17.7 Å². The van der Waals surface area contributed by atoms with E-state index in [0.29, 0.717) is 5.71 Å². The minimum Gasteiger partial charge on any atom is -0.465 e. The molecule has 28 heavy (non-hydrogen) atoms. The molecule has 4 heteroatoms. The average molecular weight is 370 g/mol. The summed E-state index contributed by atoms with van der Waals surface area (Å²) in [4.78, 5) is 12.8. The molecule has 0 saturated heterocycles. The SMILES string of the molecule is CC(/C=C/c1ccco1)=N\NC(=O)C1CC1(c1ccccc1)c1ccccc1. The molecule has 0 radical (unpaired) electrons. The fraction of sp³-hybridized carbons (Fsp3) is 0.167. The number of hydrazone groups is 1. The summed E-state index contributed by atoms with van der Waals surface area (Å²) in [6.45, 7) is 1.84. The Balaban J connectivity index is 1.51. The maximum atomic E-state index is 12.8. The fourth-order valence-corrected chi connectivity index (χ4v) is 3.70. The number of hydrogen-bond acceptors (Lipinski definition) is 3. The van der Waals surface area contributed by atoms with Gasteiger partial charge in [0.2, 0.25) is 5.91 Å². The summed E-state index contributed by atoms with van der Waals surface area (Å²) in [5.74, 6) is 0.552. The first-order valence-corrected chi connectivity index (χ1v) is 9.37. The molecule has 140 valence electrons. The highest BCUT2D eigenvalue weighted by Crippen LogP contribution is 2.58. The van der Waals surface area contributed by atoms with Crippen molar-refractivity contribution in [1.82, 2.24) is 5.43 Å². The summed E-state index contributed by atoms with van der Waals surface area (Å²) in [5, 5.41) is 4.23. The van der Waals surface area contributed by atoms with E-state index in [1.54, 1.807) is 6.26 Å². The lowest BCUT2D eigenvalue weighted by Gasteiger charge is -2.18. The second kappa shape index (κ2) is 7.69. The predicted octanol–water partition coefficient (Wildman–Crippen LogP) is 4.79. The van der Waals surface area contributed by atoms with Crippen LogP contribution >= 0.6 is 0 Å². The van der Waals surface area contributed by atoms with Crippen LogP contribution in [0.5, 0.6) is 0 Å². The Morgan fingerprint density at radius 3 is 2.25 bits per heavy atom. The zero-order valence-corrected chi connectivity index (χ0v) is 15.7. The first-order chi connectivity index (χ1) is 13.7. The van der Waals surface area contributed by atoms with Crippen molar-refractivity contribution in [1.29, 1.82) is 0 Å². The third-order valence-corrected chi connectivity index (χ3v) is 5.23. The molecule has 1 N–H and O–H groups in total. The Kier molecular flexibility index (Phi) is 4.94. The molecule has 1 aliphatic rings. The smallest absolute Gasteiger partial charge is 0.244 e. The van der Waals surface area contributed by atoms with Crippen molar-refractivity contribution in [2.24, 2.45) is 11.0 Å². The van der Waals surface area contributed by atoms with E-state index in [9.17, 15) is 4.79 Å². The lowest BCUT2D eigenvalue weighted by atomic mass is 9.85. The number of hydrogen-bond donors (Lipinski definition) is 1. The molecule has 1 aromatic heterocycles. The van der Waals surface area contributed by atoms with Crippen molar-refractivity contribution in [3.05, 3.63) is 102 Å². The number of allylic oxidation sites excluding steroid dienone is 1. The number of rotatable bonds is 6. The number of carbonyl (C=O) groups excluding carboxylic acids is 1. The maximum Gasteiger partial charge on any atom is 0.244 e. The van der Waals surface area contributed by atoms with Gasteiger partial charge < -0.3 is 4.42 Å². The topological polar surface area (TPSA) is 54.6 Å². The number of nitrogens with one attached hydrogen (secondary N) is 1. The molecule has 2 aromatic carbocycles. The van der Waals surface area contributed by atoms with Crippen molar-refractivity contribution in [3.63, 3.8) is 0 Å². The van der Waals surface area contributed by atoms with Crippen LogP contribution in [0, 0.1) is 5.92 Å². The lowest BCUT2D eigenvalue weighted by molar-refractivity contribution is -0.122. The summed E-state index contributed by atoms with van der Waals surface area (Å²) in [5.41, 5.74) is 5.50. The summed E-state index contributed by atoms with van der Waals surface area (Å²) in [6.07, 6.45) is 6.03. The second-order valence-electron chi connectivity index (χ2n) is 7.04. The second-order valence-corrected chi connectivity index (χ2v) is 7.04. The van der Waals surface area contributed by atoms with E-state index in [1.165, 1.54) is 11.1 Å². The Morgan fingerprint density at radius 1 is 1.04 bits per heavy atom. The number of nitrogens with zero attached hydrogens (tertiary/aromatic N) is 1. The van der Waals surface area contributed by atoms with Gasteiger partial charge in [0.1, 0.15) is 5.76 Å². The zero-order valence-electron chi connectivity index (χ0n) is 15.7. The normalized spacial score (nSPS) is 18.2. The molecule has 1 saturated carbocycles. The Bertz CT molecular complexity index is 950. The van der Waals surface area contributed by atoms with E-state index in [-0.39, 0.29) is 17.2 Å². The van der Waals surface area contributed by atoms with E-state index in [2.05, 4.69) is 34.8 Å². The standard InChI is InChI=1S/C24H22N2O2/c1-18(14-15-21-13-8-16-28-21)25-26-23(27)22-17-24(22,19-9-4-2-5-10-19)20-11-6-3-7-12-20/h2-16,22H,17H2,1H3,(H,26,27)/b15-14+,25-18+. The van der Waals surface area contributed by atoms with Crippen LogP contribution in [0.4, 0.5) is 0 Å². The van der Waals surface area contributed by atoms with E-state index < -0.39 is 0 Å². The molecule has 1 aliphatic carbocycles. The summed E-state index contributed by atoms with van der Waals surface area (Å²) in [7, 11) is 0. The third-order valence-electron chi connectivity index (χ3n) is 5.23. The van der Waals surface area contributed by atoms with Gasteiger partial charge in [0.05, 0.1) is 17.9 Å². The summed E-state index contributed by atoms with van der Waals surface area (Å²) < 4.78 is 5.25. The van der Waals surface area contributed by atoms with Gasteiger partial charge in [0.25, 0.3) is 0 Å². The number of benzene rings is 2. The molecular formula is C24H22N2O2. The highest BCUT2D eigenvalue weighted by Gasteiger charge is 2.60. The highest BCUT2D eigenvalue weighted by atomic mass is 16.3. The van der Waals surface area contributed by atoms with Gasteiger partial charge in [-0.25, -0.2) is 5.43 Å². The average Bonchev–Trinajstić information content (AvgIpc) is 3.30. The van der Waals surface area contributed by atoms with Gasteiger partial charge in [-0.1, -0.05) is 60.7 Å². The molecular weight excluding hydrogens is 348 g/mol. The molecule has 3 aromatic rings. The quantitative estimate of drug-likeness (QED) is 0.501. The molecule has 1 atom stereocenters. The van der Waals surface area contributed by atoms with E-state index in [0.717, 1.165) is 12.2 Å². The highest BCUT2D eigenvalue weighted by molar-refractivity contribution is 5.97. The van der Waals surface area contributed by atoms with Crippen LogP contribution in [0.3, 0.4) is 0 Å². The fourth-order valence-electron chi connectivity index (χ4n) is 3.70. The monoisotopic (exact) mass is 370 g/mol. The van der Waals surface area contributed by atoms with Crippen LogP contribution in [0.15, 0.2) is 94.7 Å². The van der Waals surface area contributed by atoms with Crippen molar-refractivity contribution in [2.45, 2.75) is 18.8 Å². The van der Waals surface area contributed by atoms with Gasteiger partial charge in [-0.15, -0.1) is 0 Å². The first kappa shape index (κ1) is 18.0. The molecule has 1 unspecified atom stereocenters. The molecule has 1 heterocycles. The zero-order chi connectivity index (χ0) is 19.4.